The third kappa shape index (κ3) is 7.90. The summed E-state index contributed by atoms with van der Waals surface area (Å²) in [5, 5.41) is 14.6. The summed E-state index contributed by atoms with van der Waals surface area (Å²) in [6.07, 6.45) is 5.11. The van der Waals surface area contributed by atoms with Gasteiger partial charge in [0.25, 0.3) is 11.1 Å². The zero-order valence-corrected chi connectivity index (χ0v) is 20.3. The Hall–Kier alpha value is -1.90. The molecule has 1 fully saturated rings. The van der Waals surface area contributed by atoms with E-state index in [1.165, 1.54) is 23.7 Å². The number of halogens is 1. The van der Waals surface area contributed by atoms with Crippen molar-refractivity contribution >= 4 is 35.9 Å². The van der Waals surface area contributed by atoms with Crippen LogP contribution in [-0.4, -0.2) is 40.2 Å². The number of hydrogen-bond donors (Lipinski definition) is 2. The Morgan fingerprint density at radius 2 is 1.84 bits per heavy atom. The Kier molecular flexibility index (Phi) is 11.2. The molecule has 0 radical (unpaired) electrons. The van der Waals surface area contributed by atoms with Gasteiger partial charge in [-0.25, -0.2) is 0 Å². The first kappa shape index (κ1) is 26.4. The number of aromatic nitrogens is 2. The Balaban J connectivity index is 0.00000363. The normalized spacial score (nSPS) is 15.2. The van der Waals surface area contributed by atoms with Crippen molar-refractivity contribution in [2.24, 2.45) is 11.8 Å². The molecule has 1 atom stereocenters. The second kappa shape index (κ2) is 13.6. The highest BCUT2D eigenvalue weighted by Crippen LogP contribution is 2.24. The topological polar surface area (TPSA) is 97.1 Å². The van der Waals surface area contributed by atoms with E-state index >= 15 is 0 Å². The summed E-state index contributed by atoms with van der Waals surface area (Å²) in [7, 11) is 0. The van der Waals surface area contributed by atoms with Crippen molar-refractivity contribution in [1.29, 1.82) is 0 Å². The number of rotatable bonds is 11. The van der Waals surface area contributed by atoms with Gasteiger partial charge < -0.3 is 15.1 Å². The van der Waals surface area contributed by atoms with Gasteiger partial charge in [0.2, 0.25) is 11.7 Å². The van der Waals surface area contributed by atoms with Crippen molar-refractivity contribution in [3.05, 3.63) is 41.8 Å². The van der Waals surface area contributed by atoms with E-state index in [-0.39, 0.29) is 41.8 Å². The Morgan fingerprint density at radius 1 is 1.12 bits per heavy atom. The SMILES string of the molecule is CC(C)[C@H](NC(=O)C1CCCCC1)C(=O)c1nnc(SCCNCc2ccccc2)o1.Cl. The predicted octanol–water partition coefficient (Wildman–Crippen LogP) is 4.28. The molecule has 0 bridgehead atoms. The fourth-order valence-electron chi connectivity index (χ4n) is 3.71. The summed E-state index contributed by atoms with van der Waals surface area (Å²) >= 11 is 1.41. The molecule has 1 aliphatic rings. The van der Waals surface area contributed by atoms with Gasteiger partial charge in [-0.2, -0.15) is 0 Å². The number of hydrogen-bond acceptors (Lipinski definition) is 7. The highest BCUT2D eigenvalue weighted by Gasteiger charge is 2.32. The van der Waals surface area contributed by atoms with Gasteiger partial charge in [-0.05, 0) is 24.3 Å². The average Bonchev–Trinajstić information content (AvgIpc) is 3.27. The molecule has 1 heterocycles. The second-order valence-corrected chi connectivity index (χ2v) is 9.36. The van der Waals surface area contributed by atoms with E-state index in [1.54, 1.807) is 0 Å². The molecule has 32 heavy (non-hydrogen) atoms. The molecule has 0 aliphatic heterocycles. The summed E-state index contributed by atoms with van der Waals surface area (Å²) in [5.74, 6) is 0.285. The van der Waals surface area contributed by atoms with Crippen LogP contribution in [0.25, 0.3) is 0 Å². The number of carbonyl (C=O) groups is 2. The van der Waals surface area contributed by atoms with E-state index in [0.29, 0.717) is 5.22 Å². The summed E-state index contributed by atoms with van der Waals surface area (Å²) in [6, 6.07) is 9.54. The van der Waals surface area contributed by atoms with Crippen LogP contribution in [0.5, 0.6) is 0 Å². The predicted molar refractivity (Wildman–Crippen MR) is 128 cm³/mol. The van der Waals surface area contributed by atoms with Gasteiger partial charge >= 0.3 is 0 Å². The van der Waals surface area contributed by atoms with E-state index in [4.69, 9.17) is 4.42 Å². The first-order valence-corrected chi connectivity index (χ1v) is 12.1. The number of thioether (sulfide) groups is 1. The van der Waals surface area contributed by atoms with Crippen LogP contribution in [0, 0.1) is 11.8 Å². The van der Waals surface area contributed by atoms with Crippen molar-refractivity contribution in [2.75, 3.05) is 12.3 Å². The molecule has 0 unspecified atom stereocenters. The number of amides is 1. The molecule has 1 amide bonds. The van der Waals surface area contributed by atoms with Crippen LogP contribution in [0.1, 0.15) is 62.2 Å². The lowest BCUT2D eigenvalue weighted by atomic mass is 9.88. The van der Waals surface area contributed by atoms with Gasteiger partial charge in [-0.1, -0.05) is 75.2 Å². The molecular weight excluding hydrogens is 448 g/mol. The van der Waals surface area contributed by atoms with Gasteiger partial charge in [-0.15, -0.1) is 22.6 Å². The fourth-order valence-corrected chi connectivity index (χ4v) is 4.37. The van der Waals surface area contributed by atoms with Gasteiger partial charge in [0.1, 0.15) is 0 Å². The van der Waals surface area contributed by atoms with Crippen LogP contribution in [0.4, 0.5) is 0 Å². The van der Waals surface area contributed by atoms with E-state index in [1.807, 2.05) is 32.0 Å². The van der Waals surface area contributed by atoms with Crippen molar-refractivity contribution in [3.8, 4) is 0 Å². The largest absolute Gasteiger partial charge is 0.408 e. The first-order valence-electron chi connectivity index (χ1n) is 11.1. The Labute approximate surface area is 200 Å². The monoisotopic (exact) mass is 480 g/mol. The van der Waals surface area contributed by atoms with Gasteiger partial charge in [0, 0.05) is 24.8 Å². The summed E-state index contributed by atoms with van der Waals surface area (Å²) in [6.45, 7) is 5.39. The van der Waals surface area contributed by atoms with Crippen LogP contribution < -0.4 is 10.6 Å². The van der Waals surface area contributed by atoms with E-state index in [2.05, 4.69) is 33.0 Å². The molecule has 1 aromatic carbocycles. The van der Waals surface area contributed by atoms with Crippen molar-refractivity contribution in [3.63, 3.8) is 0 Å². The first-order chi connectivity index (χ1) is 15.0. The van der Waals surface area contributed by atoms with Crippen molar-refractivity contribution in [2.45, 2.75) is 63.8 Å². The van der Waals surface area contributed by atoms with Crippen LogP contribution in [0.15, 0.2) is 40.0 Å². The maximum Gasteiger partial charge on any atom is 0.286 e. The standard InChI is InChI=1S/C23H32N4O3S.ClH/c1-16(2)19(25-21(29)18-11-7-4-8-12-18)20(28)22-26-27-23(30-22)31-14-13-24-15-17-9-5-3-6-10-17;/h3,5-6,9-10,16,18-19,24H,4,7-8,11-15H2,1-2H3,(H,25,29);1H/t19-;/m0./s1. The summed E-state index contributed by atoms with van der Waals surface area (Å²) < 4.78 is 5.58. The molecule has 0 saturated heterocycles. The fraction of sp³-hybridized carbons (Fsp3) is 0.565. The average molecular weight is 481 g/mol. The summed E-state index contributed by atoms with van der Waals surface area (Å²) in [5.41, 5.74) is 1.23. The third-order valence-electron chi connectivity index (χ3n) is 5.52. The Morgan fingerprint density at radius 3 is 2.53 bits per heavy atom. The lowest BCUT2D eigenvalue weighted by molar-refractivity contribution is -0.126. The van der Waals surface area contributed by atoms with E-state index in [9.17, 15) is 9.59 Å². The highest BCUT2D eigenvalue weighted by atomic mass is 35.5. The number of nitrogens with one attached hydrogen (secondary N) is 2. The van der Waals surface area contributed by atoms with Crippen molar-refractivity contribution < 1.29 is 14.0 Å². The number of ketones is 1. The lowest BCUT2D eigenvalue weighted by Crippen LogP contribution is -2.47. The third-order valence-corrected chi connectivity index (χ3v) is 6.34. The zero-order chi connectivity index (χ0) is 22.1. The molecular formula is C23H33ClN4O3S. The number of nitrogens with zero attached hydrogens (tertiary/aromatic N) is 2. The number of benzene rings is 1. The molecule has 7 nitrogen and oxygen atoms in total. The minimum atomic E-state index is -0.653. The maximum absolute atomic E-state index is 12.9. The van der Waals surface area contributed by atoms with Crippen molar-refractivity contribution in [1.82, 2.24) is 20.8 Å². The molecule has 176 valence electrons. The van der Waals surface area contributed by atoms with Crippen LogP contribution in [0.3, 0.4) is 0 Å². The van der Waals surface area contributed by atoms with Gasteiger partial charge in [0.05, 0.1) is 6.04 Å². The van der Waals surface area contributed by atoms with E-state index in [0.717, 1.165) is 44.5 Å². The van der Waals surface area contributed by atoms with E-state index < -0.39 is 6.04 Å². The second-order valence-electron chi connectivity index (χ2n) is 8.31. The maximum atomic E-state index is 12.9. The molecule has 2 N–H and O–H groups in total. The lowest BCUT2D eigenvalue weighted by Gasteiger charge is -2.25. The molecule has 9 heteroatoms. The van der Waals surface area contributed by atoms with Crippen LogP contribution in [0.2, 0.25) is 0 Å². The highest BCUT2D eigenvalue weighted by molar-refractivity contribution is 7.99. The van der Waals surface area contributed by atoms with Gasteiger partial charge in [0.15, 0.2) is 0 Å². The number of carbonyl (C=O) groups excluding carboxylic acids is 2. The molecule has 2 aromatic rings. The zero-order valence-electron chi connectivity index (χ0n) is 18.7. The van der Waals surface area contributed by atoms with Gasteiger partial charge in [-0.3, -0.25) is 9.59 Å². The molecule has 1 aromatic heterocycles. The summed E-state index contributed by atoms with van der Waals surface area (Å²) in [4.78, 5) is 25.5. The Bertz CT molecular complexity index is 841. The minimum absolute atomic E-state index is 0. The van der Waals surface area contributed by atoms with Crippen LogP contribution in [-0.2, 0) is 11.3 Å². The smallest absolute Gasteiger partial charge is 0.286 e. The quantitative estimate of drug-likeness (QED) is 0.281. The molecule has 1 aliphatic carbocycles. The number of Topliss-reactive ketones (excluding diaryl/α,β-unsaturated/α-hetero) is 1. The minimum Gasteiger partial charge on any atom is -0.408 e. The molecule has 0 spiro atoms. The van der Waals surface area contributed by atoms with Crippen LogP contribution >= 0.6 is 24.2 Å². The molecule has 1 saturated carbocycles. The molecule has 3 rings (SSSR count).